The summed E-state index contributed by atoms with van der Waals surface area (Å²) in [5.74, 6) is -0.0295. The number of aromatic nitrogens is 2. The van der Waals surface area contributed by atoms with Crippen molar-refractivity contribution >= 4 is 23.2 Å². The Morgan fingerprint density at radius 1 is 1.27 bits per heavy atom. The van der Waals surface area contributed by atoms with E-state index in [4.69, 9.17) is 22.5 Å². The van der Waals surface area contributed by atoms with Crippen LogP contribution in [0.25, 0.3) is 11.3 Å². The Bertz CT molecular complexity index is 785. The number of amidine groups is 1. The minimum Gasteiger partial charge on any atom is -0.294 e. The predicted molar refractivity (Wildman–Crippen MR) is 81.5 cm³/mol. The number of nitrogens with zero attached hydrogens (tertiary/aromatic N) is 3. The van der Waals surface area contributed by atoms with Crippen LogP contribution in [-0.4, -0.2) is 21.6 Å². The van der Waals surface area contributed by atoms with Crippen molar-refractivity contribution in [3.8, 4) is 11.3 Å². The number of hydrogen-bond donors (Lipinski definition) is 2. The lowest BCUT2D eigenvalue weighted by molar-refractivity contribution is 0.0968. The van der Waals surface area contributed by atoms with Crippen molar-refractivity contribution in [2.45, 2.75) is 12.8 Å². The van der Waals surface area contributed by atoms with Gasteiger partial charge in [0.05, 0.1) is 10.7 Å². The Morgan fingerprint density at radius 3 is 2.68 bits per heavy atom. The van der Waals surface area contributed by atoms with Crippen LogP contribution in [0.1, 0.15) is 28.9 Å². The van der Waals surface area contributed by atoms with Gasteiger partial charge in [0.2, 0.25) is 0 Å². The van der Waals surface area contributed by atoms with E-state index in [-0.39, 0.29) is 23.2 Å². The van der Waals surface area contributed by atoms with Crippen LogP contribution in [-0.2, 0) is 0 Å². The van der Waals surface area contributed by atoms with Gasteiger partial charge in [-0.2, -0.15) is 0 Å². The summed E-state index contributed by atoms with van der Waals surface area (Å²) in [4.78, 5) is 20.1. The smallest absolute Gasteiger partial charge is 0.192 e. The van der Waals surface area contributed by atoms with Gasteiger partial charge in [0.1, 0.15) is 12.0 Å². The van der Waals surface area contributed by atoms with Crippen molar-refractivity contribution in [2.24, 2.45) is 11.0 Å². The first-order valence-electron chi connectivity index (χ1n) is 6.72. The number of nitrogens with one attached hydrogen (secondary N) is 2. The number of rotatable bonds is 4. The minimum atomic E-state index is -0.240. The largest absolute Gasteiger partial charge is 0.294 e. The van der Waals surface area contributed by atoms with Crippen LogP contribution < -0.4 is 0 Å². The maximum Gasteiger partial charge on any atom is 0.192 e. The minimum absolute atomic E-state index is 0.0923. The molecule has 0 spiro atoms. The summed E-state index contributed by atoms with van der Waals surface area (Å²) in [6.45, 7) is 0. The van der Waals surface area contributed by atoms with Crippen LogP contribution in [0.15, 0.2) is 35.7 Å². The summed E-state index contributed by atoms with van der Waals surface area (Å²) < 4.78 is 0. The van der Waals surface area contributed by atoms with Gasteiger partial charge in [-0.1, -0.05) is 17.7 Å². The lowest BCUT2D eigenvalue weighted by Crippen LogP contribution is -2.03. The highest BCUT2D eigenvalue weighted by Crippen LogP contribution is 2.35. The normalized spacial score (nSPS) is 13.7. The fourth-order valence-electron chi connectivity index (χ4n) is 2.14. The molecule has 7 heteroatoms. The molecular weight excluding hydrogens is 302 g/mol. The van der Waals surface area contributed by atoms with Gasteiger partial charge in [0, 0.05) is 17.0 Å². The zero-order chi connectivity index (χ0) is 15.7. The van der Waals surface area contributed by atoms with E-state index in [9.17, 15) is 4.79 Å². The van der Waals surface area contributed by atoms with Crippen LogP contribution in [0, 0.1) is 16.9 Å². The molecule has 1 fully saturated rings. The molecule has 1 aromatic carbocycles. The second-order valence-corrected chi connectivity index (χ2v) is 5.49. The molecule has 0 radical (unpaired) electrons. The second kappa shape index (κ2) is 5.73. The Labute approximate surface area is 131 Å². The van der Waals surface area contributed by atoms with Crippen molar-refractivity contribution in [3.05, 3.63) is 46.9 Å². The second-order valence-electron chi connectivity index (χ2n) is 5.08. The van der Waals surface area contributed by atoms with Gasteiger partial charge in [-0.15, -0.1) is 5.11 Å². The van der Waals surface area contributed by atoms with E-state index in [1.54, 1.807) is 24.3 Å². The number of halogens is 1. The molecule has 0 amide bonds. The van der Waals surface area contributed by atoms with Crippen LogP contribution >= 0.6 is 11.6 Å². The van der Waals surface area contributed by atoms with Crippen LogP contribution in [0.5, 0.6) is 0 Å². The third-order valence-corrected chi connectivity index (χ3v) is 3.81. The molecule has 3 rings (SSSR count). The molecule has 1 aliphatic carbocycles. The lowest BCUT2D eigenvalue weighted by Gasteiger charge is -2.06. The van der Waals surface area contributed by atoms with Gasteiger partial charge in [0.15, 0.2) is 11.6 Å². The number of carbonyl (C=O) groups is 1. The summed E-state index contributed by atoms with van der Waals surface area (Å²) in [6.07, 6.45) is 3.18. The molecule has 6 nitrogen and oxygen atoms in total. The zero-order valence-corrected chi connectivity index (χ0v) is 12.3. The summed E-state index contributed by atoms with van der Waals surface area (Å²) in [5.41, 5.74) is 8.94. The number of carbonyl (C=O) groups excluding carboxylic acids is 1. The molecular formula is C15H12ClN5O. The van der Waals surface area contributed by atoms with Crippen molar-refractivity contribution in [1.82, 2.24) is 9.97 Å². The molecule has 0 bridgehead atoms. The Morgan fingerprint density at radius 2 is 2.05 bits per heavy atom. The number of Topliss-reactive ketones (excluding diaryl/α,β-unsaturated/α-hetero) is 1. The zero-order valence-electron chi connectivity index (χ0n) is 11.5. The van der Waals surface area contributed by atoms with E-state index < -0.39 is 0 Å². The lowest BCUT2D eigenvalue weighted by atomic mass is 10.0. The first-order chi connectivity index (χ1) is 10.6. The first-order valence-corrected chi connectivity index (χ1v) is 7.10. The first kappa shape index (κ1) is 14.5. The molecule has 0 unspecified atom stereocenters. The third kappa shape index (κ3) is 2.78. The Balaban J connectivity index is 1.95. The highest BCUT2D eigenvalue weighted by atomic mass is 35.5. The maximum absolute atomic E-state index is 12.1. The monoisotopic (exact) mass is 313 g/mol. The van der Waals surface area contributed by atoms with E-state index in [1.807, 2.05) is 0 Å². The molecule has 2 aromatic rings. The fraction of sp³-hybridized carbons (Fsp3) is 0.200. The van der Waals surface area contributed by atoms with Crippen LogP contribution in [0.4, 0.5) is 0 Å². The van der Waals surface area contributed by atoms with Crippen molar-refractivity contribution in [2.75, 3.05) is 0 Å². The summed E-state index contributed by atoms with van der Waals surface area (Å²) in [7, 11) is 0. The van der Waals surface area contributed by atoms with E-state index in [2.05, 4.69) is 15.1 Å². The highest BCUT2D eigenvalue weighted by Gasteiger charge is 2.31. The molecule has 22 heavy (non-hydrogen) atoms. The summed E-state index contributed by atoms with van der Waals surface area (Å²) in [6, 6.07) is 6.73. The molecule has 0 saturated heterocycles. The molecule has 1 aromatic heterocycles. The van der Waals surface area contributed by atoms with Crippen molar-refractivity contribution in [3.63, 3.8) is 0 Å². The quantitative estimate of drug-likeness (QED) is 0.389. The molecule has 1 aliphatic rings. The SMILES string of the molecule is N=NC(=N)c1cc(-c2ccc(C(=O)C3CC3)c(Cl)c2)ncn1. The average molecular weight is 314 g/mol. The van der Waals surface area contributed by atoms with Gasteiger partial charge in [-0.05, 0) is 31.0 Å². The van der Waals surface area contributed by atoms with Gasteiger partial charge in [-0.25, -0.2) is 15.5 Å². The molecule has 1 saturated carbocycles. The number of benzene rings is 1. The Hall–Kier alpha value is -2.47. The van der Waals surface area contributed by atoms with Gasteiger partial charge >= 0.3 is 0 Å². The van der Waals surface area contributed by atoms with Gasteiger partial charge < -0.3 is 0 Å². The summed E-state index contributed by atoms with van der Waals surface area (Å²) in [5, 5.41) is 11.0. The van der Waals surface area contributed by atoms with E-state index in [0.717, 1.165) is 18.4 Å². The molecule has 0 aliphatic heterocycles. The topological polar surface area (TPSA) is 103 Å². The molecule has 110 valence electrons. The standard InChI is InChI=1S/C15H12ClN5O/c16-11-5-9(3-4-10(11)14(22)8-1-2-8)12-6-13(15(17)21-18)20-7-19-12/h3-8,17-18H,1-2H2. The molecule has 1 heterocycles. The van der Waals surface area contributed by atoms with Crippen LogP contribution in [0.2, 0.25) is 5.02 Å². The Kier molecular flexibility index (Phi) is 3.77. The molecule has 0 atom stereocenters. The predicted octanol–water partition coefficient (Wildman–Crippen LogP) is 3.75. The fourth-order valence-corrected chi connectivity index (χ4v) is 2.42. The van der Waals surface area contributed by atoms with E-state index in [0.29, 0.717) is 16.3 Å². The number of hydrogen-bond acceptors (Lipinski definition) is 5. The van der Waals surface area contributed by atoms with E-state index >= 15 is 0 Å². The van der Waals surface area contributed by atoms with Crippen molar-refractivity contribution in [1.29, 1.82) is 10.9 Å². The molecule has 2 N–H and O–H groups in total. The van der Waals surface area contributed by atoms with Crippen LogP contribution in [0.3, 0.4) is 0 Å². The van der Waals surface area contributed by atoms with E-state index in [1.165, 1.54) is 6.33 Å². The average Bonchev–Trinajstić information content (AvgIpc) is 3.38. The summed E-state index contributed by atoms with van der Waals surface area (Å²) >= 11 is 6.22. The van der Waals surface area contributed by atoms with Crippen molar-refractivity contribution < 1.29 is 4.79 Å². The van der Waals surface area contributed by atoms with Gasteiger partial charge in [0.25, 0.3) is 0 Å². The number of ketones is 1. The maximum atomic E-state index is 12.1. The third-order valence-electron chi connectivity index (χ3n) is 3.50. The highest BCUT2D eigenvalue weighted by molar-refractivity contribution is 6.34. The van der Waals surface area contributed by atoms with Gasteiger partial charge in [-0.3, -0.25) is 10.2 Å².